The van der Waals surface area contributed by atoms with E-state index < -0.39 is 0 Å². The average Bonchev–Trinajstić information content (AvgIpc) is 2.97. The van der Waals surface area contributed by atoms with Gasteiger partial charge >= 0.3 is 0 Å². The smallest absolute Gasteiger partial charge is 0.270 e. The third-order valence-corrected chi connectivity index (χ3v) is 4.83. The summed E-state index contributed by atoms with van der Waals surface area (Å²) < 4.78 is 0. The fourth-order valence-corrected chi connectivity index (χ4v) is 3.71. The van der Waals surface area contributed by atoms with Crippen molar-refractivity contribution in [3.8, 4) is 0 Å². The van der Waals surface area contributed by atoms with Crippen molar-refractivity contribution < 1.29 is 4.79 Å². The number of rotatable bonds is 2. The molecule has 2 fully saturated rings. The first kappa shape index (κ1) is 13.4. The maximum Gasteiger partial charge on any atom is 0.270 e. The minimum absolute atomic E-state index is 0.0268. The second kappa shape index (κ2) is 5.81. The van der Waals surface area contributed by atoms with E-state index in [9.17, 15) is 9.59 Å². The van der Waals surface area contributed by atoms with Gasteiger partial charge in [-0.1, -0.05) is 38.2 Å². The van der Waals surface area contributed by atoms with Crippen molar-refractivity contribution in [2.45, 2.75) is 38.5 Å². The Hall–Kier alpha value is -1.58. The van der Waals surface area contributed by atoms with E-state index in [4.69, 9.17) is 0 Å². The highest BCUT2D eigenvalue weighted by molar-refractivity contribution is 5.92. The van der Waals surface area contributed by atoms with Crippen molar-refractivity contribution >= 4 is 5.91 Å². The maximum absolute atomic E-state index is 12.4. The molecule has 1 atom stereocenters. The lowest BCUT2D eigenvalue weighted by atomic mass is 9.80. The third kappa shape index (κ3) is 2.79. The average molecular weight is 274 g/mol. The number of carbonyl (C=O) groups is 1. The number of carbonyl (C=O) groups excluding carboxylic acids is 1. The van der Waals surface area contributed by atoms with Gasteiger partial charge < -0.3 is 9.88 Å². The summed E-state index contributed by atoms with van der Waals surface area (Å²) in [6, 6.07) is 4.77. The largest absolute Gasteiger partial charge is 0.337 e. The van der Waals surface area contributed by atoms with Gasteiger partial charge in [-0.2, -0.15) is 0 Å². The first-order valence-corrected chi connectivity index (χ1v) is 7.72. The van der Waals surface area contributed by atoms with E-state index in [1.165, 1.54) is 38.2 Å². The van der Waals surface area contributed by atoms with E-state index >= 15 is 0 Å². The second-order valence-corrected chi connectivity index (χ2v) is 6.13. The predicted octanol–water partition coefficient (Wildman–Crippen LogP) is 2.42. The number of pyridine rings is 1. The van der Waals surface area contributed by atoms with Gasteiger partial charge in [0, 0.05) is 19.2 Å². The van der Waals surface area contributed by atoms with Crippen molar-refractivity contribution in [1.82, 2.24) is 9.88 Å². The Morgan fingerprint density at radius 2 is 1.90 bits per heavy atom. The van der Waals surface area contributed by atoms with Gasteiger partial charge in [-0.15, -0.1) is 0 Å². The van der Waals surface area contributed by atoms with Crippen molar-refractivity contribution in [3.63, 3.8) is 0 Å². The number of nitrogens with zero attached hydrogens (tertiary/aromatic N) is 1. The summed E-state index contributed by atoms with van der Waals surface area (Å²) >= 11 is 0. The van der Waals surface area contributed by atoms with Crippen molar-refractivity contribution in [1.29, 1.82) is 0 Å². The Kier molecular flexibility index (Phi) is 3.90. The van der Waals surface area contributed by atoms with Crippen LogP contribution in [0.15, 0.2) is 23.0 Å². The number of H-pyrrole nitrogens is 1. The first-order chi connectivity index (χ1) is 9.74. The van der Waals surface area contributed by atoms with Crippen LogP contribution in [0.4, 0.5) is 0 Å². The number of hydrogen-bond acceptors (Lipinski definition) is 2. The van der Waals surface area contributed by atoms with Crippen LogP contribution in [0.5, 0.6) is 0 Å². The highest BCUT2D eigenvalue weighted by Gasteiger charge is 2.32. The molecule has 1 amide bonds. The summed E-state index contributed by atoms with van der Waals surface area (Å²) in [5.41, 5.74) is 0.209. The summed E-state index contributed by atoms with van der Waals surface area (Å²) in [5, 5.41) is 0. The maximum atomic E-state index is 12.4. The Labute approximate surface area is 119 Å². The highest BCUT2D eigenvalue weighted by atomic mass is 16.2. The first-order valence-electron chi connectivity index (χ1n) is 7.72. The van der Waals surface area contributed by atoms with Crippen molar-refractivity contribution in [2.75, 3.05) is 13.1 Å². The topological polar surface area (TPSA) is 53.2 Å². The lowest BCUT2D eigenvalue weighted by Gasteiger charge is -2.27. The molecule has 0 aromatic carbocycles. The zero-order chi connectivity index (χ0) is 13.9. The van der Waals surface area contributed by atoms with E-state index in [2.05, 4.69) is 4.98 Å². The molecule has 1 aliphatic carbocycles. The lowest BCUT2D eigenvalue weighted by molar-refractivity contribution is 0.0773. The molecule has 4 nitrogen and oxygen atoms in total. The normalized spacial score (nSPS) is 24.0. The molecular weight excluding hydrogens is 252 g/mol. The fraction of sp³-hybridized carbons (Fsp3) is 0.625. The molecule has 108 valence electrons. The van der Waals surface area contributed by atoms with Crippen LogP contribution in [0.25, 0.3) is 0 Å². The standard InChI is InChI=1S/C16H22N2O2/c19-15-8-4-7-14(17-15)16(20)18-10-9-13(11-18)12-5-2-1-3-6-12/h4,7-8,12-13H,1-3,5-6,9-11H2,(H,17,19)/t13-/m0/s1. The summed E-state index contributed by atoms with van der Waals surface area (Å²) in [4.78, 5) is 28.2. The molecule has 2 aliphatic rings. The number of hydrogen-bond donors (Lipinski definition) is 1. The van der Waals surface area contributed by atoms with E-state index in [1.54, 1.807) is 12.1 Å². The number of aromatic amines is 1. The molecule has 1 saturated heterocycles. The van der Waals surface area contributed by atoms with Crippen LogP contribution >= 0.6 is 0 Å². The minimum atomic E-state index is -0.209. The van der Waals surface area contributed by atoms with Crippen LogP contribution in [0.3, 0.4) is 0 Å². The van der Waals surface area contributed by atoms with E-state index in [0.29, 0.717) is 11.6 Å². The molecule has 0 unspecified atom stereocenters. The lowest BCUT2D eigenvalue weighted by Crippen LogP contribution is -2.31. The summed E-state index contributed by atoms with van der Waals surface area (Å²) in [6.45, 7) is 1.69. The minimum Gasteiger partial charge on any atom is -0.337 e. The second-order valence-electron chi connectivity index (χ2n) is 6.13. The molecule has 0 radical (unpaired) electrons. The van der Waals surface area contributed by atoms with Crippen molar-refractivity contribution in [3.05, 3.63) is 34.2 Å². The van der Waals surface area contributed by atoms with Gasteiger partial charge in [0.15, 0.2) is 0 Å². The Balaban J connectivity index is 1.64. The van der Waals surface area contributed by atoms with E-state index in [-0.39, 0.29) is 11.5 Å². The van der Waals surface area contributed by atoms with Gasteiger partial charge in [-0.05, 0) is 24.3 Å². The molecular formula is C16H22N2O2. The number of amides is 1. The summed E-state index contributed by atoms with van der Waals surface area (Å²) in [7, 11) is 0. The van der Waals surface area contributed by atoms with E-state index in [1.807, 2.05) is 4.90 Å². The molecule has 0 bridgehead atoms. The van der Waals surface area contributed by atoms with Crippen LogP contribution in [0.2, 0.25) is 0 Å². The molecule has 3 rings (SSSR count). The van der Waals surface area contributed by atoms with Crippen LogP contribution in [-0.2, 0) is 0 Å². The molecule has 0 spiro atoms. The van der Waals surface area contributed by atoms with Crippen LogP contribution < -0.4 is 5.56 Å². The van der Waals surface area contributed by atoms with Gasteiger partial charge in [0.05, 0.1) is 0 Å². The van der Waals surface area contributed by atoms with Gasteiger partial charge in [0.25, 0.3) is 5.91 Å². The molecule has 20 heavy (non-hydrogen) atoms. The molecule has 1 aromatic heterocycles. The van der Waals surface area contributed by atoms with Crippen LogP contribution in [-0.4, -0.2) is 28.9 Å². The Morgan fingerprint density at radius 1 is 1.10 bits per heavy atom. The Bertz CT molecular complexity index is 531. The molecule has 1 aliphatic heterocycles. The van der Waals surface area contributed by atoms with E-state index in [0.717, 1.165) is 25.4 Å². The van der Waals surface area contributed by atoms with Crippen LogP contribution in [0, 0.1) is 11.8 Å². The van der Waals surface area contributed by atoms with Gasteiger partial charge in [0.1, 0.15) is 5.69 Å². The summed E-state index contributed by atoms with van der Waals surface area (Å²) in [6.07, 6.45) is 7.84. The molecule has 1 N–H and O–H groups in total. The zero-order valence-corrected chi connectivity index (χ0v) is 11.8. The zero-order valence-electron chi connectivity index (χ0n) is 11.8. The molecule has 1 saturated carbocycles. The van der Waals surface area contributed by atoms with Gasteiger partial charge in [0.2, 0.25) is 5.56 Å². The predicted molar refractivity (Wildman–Crippen MR) is 77.6 cm³/mol. The SMILES string of the molecule is O=C(c1cccc(=O)[nH]1)N1CC[C@H](C2CCCCC2)C1. The fourth-order valence-electron chi connectivity index (χ4n) is 3.71. The van der Waals surface area contributed by atoms with Crippen LogP contribution in [0.1, 0.15) is 49.0 Å². The number of aromatic nitrogens is 1. The van der Waals surface area contributed by atoms with Crippen molar-refractivity contribution in [2.24, 2.45) is 11.8 Å². The quantitative estimate of drug-likeness (QED) is 0.900. The Morgan fingerprint density at radius 3 is 2.65 bits per heavy atom. The van der Waals surface area contributed by atoms with Gasteiger partial charge in [-0.25, -0.2) is 0 Å². The summed E-state index contributed by atoms with van der Waals surface area (Å²) in [5.74, 6) is 1.44. The number of nitrogens with one attached hydrogen (secondary N) is 1. The molecule has 4 heteroatoms. The molecule has 2 heterocycles. The molecule has 1 aromatic rings. The highest BCUT2D eigenvalue weighted by Crippen LogP contribution is 2.35. The third-order valence-electron chi connectivity index (χ3n) is 4.83. The number of likely N-dealkylation sites (tertiary alicyclic amines) is 1. The van der Waals surface area contributed by atoms with Gasteiger partial charge in [-0.3, -0.25) is 9.59 Å². The monoisotopic (exact) mass is 274 g/mol.